The zero-order chi connectivity index (χ0) is 33.4. The van der Waals surface area contributed by atoms with Crippen LogP contribution in [-0.4, -0.2) is 84.6 Å². The lowest BCUT2D eigenvalue weighted by Crippen LogP contribution is -2.51. The Morgan fingerprint density at radius 1 is 1.10 bits per heavy atom. The second-order valence-corrected chi connectivity index (χ2v) is 15.0. The van der Waals surface area contributed by atoms with Gasteiger partial charge in [-0.1, -0.05) is 18.1 Å². The molecule has 0 spiro atoms. The van der Waals surface area contributed by atoms with E-state index in [0.29, 0.717) is 63.6 Å². The molecule has 5 heterocycles. The first kappa shape index (κ1) is 30.6. The highest BCUT2D eigenvalue weighted by Gasteiger charge is 2.48. The largest absolute Gasteiger partial charge is 0.508 e. The molecule has 1 saturated carbocycles. The van der Waals surface area contributed by atoms with Crippen molar-refractivity contribution in [3.05, 3.63) is 52.8 Å². The van der Waals surface area contributed by atoms with Gasteiger partial charge < -0.3 is 29.7 Å². The molecule has 9 rings (SSSR count). The first-order chi connectivity index (χ1) is 23.8. The number of rotatable bonds is 7. The number of ether oxygens (including phenoxy) is 2. The van der Waals surface area contributed by atoms with Crippen molar-refractivity contribution in [3.63, 3.8) is 0 Å². The van der Waals surface area contributed by atoms with Crippen LogP contribution >= 0.6 is 0 Å². The van der Waals surface area contributed by atoms with Crippen LogP contribution in [0.4, 0.5) is 10.2 Å². The number of aromatic hydroxyl groups is 1. The number of terminal acetylenes is 1. The number of phenolic OH excluding ortho intramolecular Hbond substituents is 1. The molecule has 3 aromatic carbocycles. The van der Waals surface area contributed by atoms with Crippen LogP contribution in [0.25, 0.3) is 32.8 Å². The number of hydrogen-bond acceptors (Lipinski definition) is 9. The van der Waals surface area contributed by atoms with Crippen molar-refractivity contribution >= 4 is 27.5 Å². The molecular formula is C39H39FN6O3. The molecule has 1 aromatic heterocycles. The van der Waals surface area contributed by atoms with Crippen LogP contribution in [0.15, 0.2) is 30.3 Å². The molecule has 5 fully saturated rings. The maximum atomic E-state index is 17.3. The van der Waals surface area contributed by atoms with Crippen LogP contribution in [0.2, 0.25) is 0 Å². The number of nitrogens with zero attached hydrogens (tertiary/aromatic N) is 5. The van der Waals surface area contributed by atoms with Crippen LogP contribution in [0.5, 0.6) is 11.8 Å². The fraction of sp³-hybridized carbons (Fsp3) is 0.462. The Morgan fingerprint density at radius 2 is 1.86 bits per heavy atom. The number of likely N-dealkylation sites (tertiary alicyclic amines) is 1. The van der Waals surface area contributed by atoms with Gasteiger partial charge in [0.15, 0.2) is 5.82 Å². The van der Waals surface area contributed by atoms with Gasteiger partial charge in [-0.25, -0.2) is 4.39 Å². The van der Waals surface area contributed by atoms with Gasteiger partial charge in [0.2, 0.25) is 0 Å². The number of hydrogen-bond donors (Lipinski definition) is 2. The smallest absolute Gasteiger partial charge is 0.319 e. The normalized spacial score (nSPS) is 25.4. The summed E-state index contributed by atoms with van der Waals surface area (Å²) in [7, 11) is 0. The molecule has 2 N–H and O–H groups in total. The molecule has 1 aliphatic carbocycles. The number of aromatic nitrogens is 2. The summed E-state index contributed by atoms with van der Waals surface area (Å²) in [5, 5.41) is 26.6. The van der Waals surface area contributed by atoms with E-state index in [1.165, 1.54) is 6.07 Å². The topological polar surface area (TPSA) is 107 Å². The summed E-state index contributed by atoms with van der Waals surface area (Å²) in [4.78, 5) is 14.4. The summed E-state index contributed by atoms with van der Waals surface area (Å²) >= 11 is 0. The van der Waals surface area contributed by atoms with Gasteiger partial charge in [0.25, 0.3) is 0 Å². The zero-order valence-electron chi connectivity index (χ0n) is 27.6. The molecule has 250 valence electrons. The average molecular weight is 659 g/mol. The second-order valence-electron chi connectivity index (χ2n) is 15.0. The van der Waals surface area contributed by atoms with Crippen molar-refractivity contribution < 1.29 is 19.0 Å². The molecule has 0 amide bonds. The standard InChI is InChI=1S/C39H39FN6O3/c1-3-30-22(2)4-5-23-10-29(47)12-31(33(23)30)34-24(13-41)11-32-36(35(34)40)43-38(44-37(32)46-16-27-6-7-28(17-46)42-27)49-21-39(8-9-39)20-45-14-25-18-48-19-26(25)15-45/h1,4-5,10-12,25-28,42,47H,6-9,14-21H2,2H3/t25-,26-,27?,28?/m0/s1. The van der Waals surface area contributed by atoms with E-state index in [2.05, 4.69) is 27.1 Å². The number of halogens is 1. The van der Waals surface area contributed by atoms with E-state index >= 15 is 4.39 Å². The Morgan fingerprint density at radius 3 is 2.55 bits per heavy atom. The van der Waals surface area contributed by atoms with Crippen molar-refractivity contribution in [2.45, 2.75) is 44.7 Å². The maximum absolute atomic E-state index is 17.3. The third-order valence-corrected chi connectivity index (χ3v) is 11.6. The average Bonchev–Trinajstić information content (AvgIpc) is 3.34. The third-order valence-electron chi connectivity index (χ3n) is 11.6. The first-order valence-electron chi connectivity index (χ1n) is 17.4. The minimum absolute atomic E-state index is 0.0322. The zero-order valence-corrected chi connectivity index (χ0v) is 27.6. The second kappa shape index (κ2) is 11.6. The number of phenols is 1. The van der Waals surface area contributed by atoms with Crippen LogP contribution in [0.3, 0.4) is 0 Å². The van der Waals surface area contributed by atoms with Gasteiger partial charge in [-0.2, -0.15) is 15.2 Å². The van der Waals surface area contributed by atoms with E-state index in [1.807, 2.05) is 19.1 Å². The number of fused-ring (bicyclic) bond motifs is 5. The highest BCUT2D eigenvalue weighted by Crippen LogP contribution is 2.48. The number of benzene rings is 3. The number of aryl methyl sites for hydroxylation is 1. The summed E-state index contributed by atoms with van der Waals surface area (Å²) in [6.45, 7) is 8.60. The molecule has 0 radical (unpaired) electrons. The maximum Gasteiger partial charge on any atom is 0.319 e. The van der Waals surface area contributed by atoms with E-state index in [-0.39, 0.29) is 33.8 Å². The first-order valence-corrected chi connectivity index (χ1v) is 17.4. The van der Waals surface area contributed by atoms with Gasteiger partial charge in [-0.05, 0) is 67.3 Å². The quantitative estimate of drug-likeness (QED) is 0.262. The Bertz CT molecular complexity index is 2080. The molecule has 4 atom stereocenters. The molecule has 4 aliphatic heterocycles. The Labute approximate surface area is 285 Å². The molecular weight excluding hydrogens is 619 g/mol. The number of nitriles is 1. The van der Waals surface area contributed by atoms with Crippen molar-refractivity contribution in [2.24, 2.45) is 17.3 Å². The fourth-order valence-corrected chi connectivity index (χ4v) is 8.89. The summed E-state index contributed by atoms with van der Waals surface area (Å²) < 4.78 is 29.4. The van der Waals surface area contributed by atoms with Crippen LogP contribution in [-0.2, 0) is 4.74 Å². The molecule has 9 nitrogen and oxygen atoms in total. The molecule has 2 bridgehead atoms. The van der Waals surface area contributed by atoms with Crippen LogP contribution < -0.4 is 15.0 Å². The Balaban J connectivity index is 1.15. The summed E-state index contributed by atoms with van der Waals surface area (Å²) in [5.41, 5.74) is 2.07. The molecule has 10 heteroatoms. The van der Waals surface area contributed by atoms with Gasteiger partial charge in [-0.3, -0.25) is 0 Å². The summed E-state index contributed by atoms with van der Waals surface area (Å²) in [6.07, 6.45) is 10.3. The Kier molecular flexibility index (Phi) is 7.21. The van der Waals surface area contributed by atoms with E-state index < -0.39 is 5.82 Å². The van der Waals surface area contributed by atoms with Crippen molar-refractivity contribution in [2.75, 3.05) is 57.4 Å². The number of piperazine rings is 1. The fourth-order valence-electron chi connectivity index (χ4n) is 8.89. The molecule has 4 aromatic rings. The van der Waals surface area contributed by atoms with Crippen molar-refractivity contribution in [1.29, 1.82) is 5.26 Å². The molecule has 5 aliphatic rings. The van der Waals surface area contributed by atoms with Gasteiger partial charge >= 0.3 is 6.01 Å². The van der Waals surface area contributed by atoms with Crippen LogP contribution in [0.1, 0.15) is 42.4 Å². The van der Waals surface area contributed by atoms with Gasteiger partial charge in [0.05, 0.1) is 31.5 Å². The van der Waals surface area contributed by atoms with Crippen molar-refractivity contribution in [3.8, 4) is 41.3 Å². The summed E-state index contributed by atoms with van der Waals surface area (Å²) in [5.74, 6) is 3.87. The van der Waals surface area contributed by atoms with E-state index in [1.54, 1.807) is 12.1 Å². The lowest BCUT2D eigenvalue weighted by Gasteiger charge is -2.34. The summed E-state index contributed by atoms with van der Waals surface area (Å²) in [6, 6.07) is 11.5. The van der Waals surface area contributed by atoms with E-state index in [9.17, 15) is 10.4 Å². The SMILES string of the molecule is C#Cc1c(C)ccc2cc(O)cc(-c3c(C#N)cc4c(N5CC6CCC(C5)N6)nc(OCC5(CN6C[C@H]7COC[C@@H]7C6)CC5)nc4c3F)c12. The van der Waals surface area contributed by atoms with Crippen LogP contribution in [0, 0.1) is 53.7 Å². The third kappa shape index (κ3) is 5.25. The highest BCUT2D eigenvalue weighted by molar-refractivity contribution is 6.06. The number of nitrogens with one attached hydrogen (secondary N) is 1. The monoisotopic (exact) mass is 658 g/mol. The minimum atomic E-state index is -0.663. The predicted molar refractivity (Wildman–Crippen MR) is 185 cm³/mol. The van der Waals surface area contributed by atoms with Gasteiger partial charge in [-0.15, -0.1) is 6.42 Å². The lowest BCUT2D eigenvalue weighted by atomic mass is 9.89. The minimum Gasteiger partial charge on any atom is -0.508 e. The molecule has 49 heavy (non-hydrogen) atoms. The van der Waals surface area contributed by atoms with Gasteiger partial charge in [0.1, 0.15) is 17.1 Å². The number of anilines is 1. The predicted octanol–water partition coefficient (Wildman–Crippen LogP) is 5.13. The molecule has 4 saturated heterocycles. The van der Waals surface area contributed by atoms with E-state index in [0.717, 1.165) is 77.2 Å². The highest BCUT2D eigenvalue weighted by atomic mass is 19.1. The van der Waals surface area contributed by atoms with Crippen molar-refractivity contribution in [1.82, 2.24) is 20.2 Å². The van der Waals surface area contributed by atoms with E-state index in [4.69, 9.17) is 25.9 Å². The lowest BCUT2D eigenvalue weighted by molar-refractivity contribution is 0.131. The van der Waals surface area contributed by atoms with Gasteiger partial charge in [0, 0.05) is 84.0 Å². The Hall–Kier alpha value is -4.48. The molecule has 2 unspecified atom stereocenters.